The number of aromatic nitrogens is 4. The average Bonchev–Trinajstić information content (AvgIpc) is 3.16. The summed E-state index contributed by atoms with van der Waals surface area (Å²) < 4.78 is 2.02. The van der Waals surface area contributed by atoms with Crippen molar-refractivity contribution in [2.24, 2.45) is 5.92 Å². The number of amides is 1. The van der Waals surface area contributed by atoms with Crippen LogP contribution in [0.5, 0.6) is 0 Å². The molecule has 0 aliphatic heterocycles. The van der Waals surface area contributed by atoms with Gasteiger partial charge in [0.1, 0.15) is 10.5 Å². The number of rotatable bonds is 5. The van der Waals surface area contributed by atoms with Gasteiger partial charge in [-0.1, -0.05) is 13.8 Å². The van der Waals surface area contributed by atoms with E-state index in [-0.39, 0.29) is 5.91 Å². The number of thiazole rings is 1. The zero-order chi connectivity index (χ0) is 16.4. The first-order valence-electron chi connectivity index (χ1n) is 7.49. The summed E-state index contributed by atoms with van der Waals surface area (Å²) in [4.78, 5) is 27.2. The molecule has 0 atom stereocenters. The normalized spacial score (nSPS) is 11.3. The highest BCUT2D eigenvalue weighted by atomic mass is 32.1. The number of hydrogen-bond acceptors (Lipinski definition) is 5. The van der Waals surface area contributed by atoms with E-state index >= 15 is 0 Å². The molecule has 3 aromatic heterocycles. The van der Waals surface area contributed by atoms with Gasteiger partial charge in [0.25, 0.3) is 5.91 Å². The molecule has 0 saturated carbocycles. The Morgan fingerprint density at radius 2 is 2.17 bits per heavy atom. The highest BCUT2D eigenvalue weighted by molar-refractivity contribution is 7.09. The molecule has 7 heteroatoms. The molecule has 0 radical (unpaired) electrons. The molecule has 0 bridgehead atoms. The van der Waals surface area contributed by atoms with Crippen LogP contribution in [0, 0.1) is 5.92 Å². The van der Waals surface area contributed by atoms with Crippen molar-refractivity contribution < 1.29 is 4.79 Å². The molecule has 0 spiro atoms. The fourth-order valence-electron chi connectivity index (χ4n) is 2.42. The lowest BCUT2D eigenvalue weighted by Gasteiger charge is -2.15. The minimum atomic E-state index is -0.0759. The molecule has 0 aliphatic carbocycles. The topological polar surface area (TPSA) is 63.9 Å². The number of nitrogens with zero attached hydrogens (tertiary/aromatic N) is 5. The maximum Gasteiger partial charge on any atom is 0.255 e. The first-order valence-corrected chi connectivity index (χ1v) is 8.37. The van der Waals surface area contributed by atoms with Crippen LogP contribution in [-0.2, 0) is 13.1 Å². The predicted molar refractivity (Wildman–Crippen MR) is 90.3 cm³/mol. The second-order valence-electron chi connectivity index (χ2n) is 5.94. The van der Waals surface area contributed by atoms with Crippen molar-refractivity contribution in [3.05, 3.63) is 40.7 Å². The van der Waals surface area contributed by atoms with Gasteiger partial charge in [-0.25, -0.2) is 15.0 Å². The van der Waals surface area contributed by atoms with Gasteiger partial charge in [-0.15, -0.1) is 11.3 Å². The van der Waals surface area contributed by atoms with E-state index in [1.807, 2.05) is 9.95 Å². The van der Waals surface area contributed by atoms with Crippen LogP contribution in [0.1, 0.15) is 29.2 Å². The van der Waals surface area contributed by atoms with Crippen molar-refractivity contribution in [3.8, 4) is 0 Å². The summed E-state index contributed by atoms with van der Waals surface area (Å²) >= 11 is 1.54. The van der Waals surface area contributed by atoms with Crippen LogP contribution in [0.15, 0.2) is 30.2 Å². The molecule has 0 aliphatic rings. The second kappa shape index (κ2) is 6.45. The summed E-state index contributed by atoms with van der Waals surface area (Å²) in [6, 6.07) is 1.81. The lowest BCUT2D eigenvalue weighted by Crippen LogP contribution is -2.26. The van der Waals surface area contributed by atoms with Crippen molar-refractivity contribution >= 4 is 28.4 Å². The Bertz CT molecular complexity index is 809. The smallest absolute Gasteiger partial charge is 0.255 e. The van der Waals surface area contributed by atoms with Crippen molar-refractivity contribution in [1.82, 2.24) is 24.4 Å². The summed E-state index contributed by atoms with van der Waals surface area (Å²) in [5, 5.41) is 2.82. The van der Waals surface area contributed by atoms with E-state index in [2.05, 4.69) is 28.8 Å². The van der Waals surface area contributed by atoms with Gasteiger partial charge in [0.15, 0.2) is 5.65 Å². The van der Waals surface area contributed by atoms with Crippen molar-refractivity contribution in [2.75, 3.05) is 7.05 Å². The maximum atomic E-state index is 12.5. The number of imidazole rings is 1. The molecule has 3 heterocycles. The van der Waals surface area contributed by atoms with E-state index < -0.39 is 0 Å². The average molecular weight is 329 g/mol. The quantitative estimate of drug-likeness (QED) is 0.722. The minimum absolute atomic E-state index is 0.0759. The third kappa shape index (κ3) is 3.39. The van der Waals surface area contributed by atoms with Gasteiger partial charge in [-0.05, 0) is 12.0 Å². The summed E-state index contributed by atoms with van der Waals surface area (Å²) in [6.07, 6.45) is 5.15. The van der Waals surface area contributed by atoms with Crippen molar-refractivity contribution in [1.29, 1.82) is 0 Å². The van der Waals surface area contributed by atoms with Gasteiger partial charge in [-0.2, -0.15) is 0 Å². The van der Waals surface area contributed by atoms with Gasteiger partial charge in [0.2, 0.25) is 0 Å². The van der Waals surface area contributed by atoms with Crippen LogP contribution in [0.3, 0.4) is 0 Å². The molecular formula is C16H19N5OS. The largest absolute Gasteiger partial charge is 0.335 e. The number of hydrogen-bond donors (Lipinski definition) is 0. The zero-order valence-electron chi connectivity index (χ0n) is 13.4. The Morgan fingerprint density at radius 3 is 2.87 bits per heavy atom. The standard InChI is InChI=1S/C16H19N5OS/c1-11(2)8-21-10-19-13-6-12(7-18-15(13)21)16(22)20(3)9-14-17-4-5-23-14/h4-7,10-11H,8-9H2,1-3H3. The lowest BCUT2D eigenvalue weighted by molar-refractivity contribution is 0.0784. The number of pyridine rings is 1. The molecule has 23 heavy (non-hydrogen) atoms. The maximum absolute atomic E-state index is 12.5. The monoisotopic (exact) mass is 329 g/mol. The van der Waals surface area contributed by atoms with Gasteiger partial charge in [-0.3, -0.25) is 4.79 Å². The highest BCUT2D eigenvalue weighted by Gasteiger charge is 2.15. The number of carbonyl (C=O) groups excluding carboxylic acids is 1. The molecular weight excluding hydrogens is 310 g/mol. The summed E-state index contributed by atoms with van der Waals surface area (Å²) in [6.45, 7) is 5.66. The minimum Gasteiger partial charge on any atom is -0.335 e. The third-order valence-electron chi connectivity index (χ3n) is 3.47. The molecule has 1 amide bonds. The molecule has 0 unspecified atom stereocenters. The Hall–Kier alpha value is -2.28. The van der Waals surface area contributed by atoms with E-state index in [1.165, 1.54) is 11.3 Å². The van der Waals surface area contributed by atoms with Crippen LogP contribution in [0.25, 0.3) is 11.2 Å². The number of carbonyl (C=O) groups is 1. The van der Waals surface area contributed by atoms with Gasteiger partial charge in [0.05, 0.1) is 18.4 Å². The van der Waals surface area contributed by atoms with Gasteiger partial charge in [0, 0.05) is 31.4 Å². The van der Waals surface area contributed by atoms with Crippen LogP contribution >= 0.6 is 11.3 Å². The fourth-order valence-corrected chi connectivity index (χ4v) is 3.09. The van der Waals surface area contributed by atoms with Crippen molar-refractivity contribution in [3.63, 3.8) is 0 Å². The molecule has 120 valence electrons. The molecule has 6 nitrogen and oxygen atoms in total. The number of fused-ring (bicyclic) bond motifs is 1. The van der Waals surface area contributed by atoms with Crippen LogP contribution in [0.4, 0.5) is 0 Å². The van der Waals surface area contributed by atoms with E-state index in [1.54, 1.807) is 36.7 Å². The fraction of sp³-hybridized carbons (Fsp3) is 0.375. The van der Waals surface area contributed by atoms with E-state index in [9.17, 15) is 4.79 Å². The van der Waals surface area contributed by atoms with E-state index in [0.29, 0.717) is 18.0 Å². The summed E-state index contributed by atoms with van der Waals surface area (Å²) in [7, 11) is 1.77. The Kier molecular flexibility index (Phi) is 4.38. The van der Waals surface area contributed by atoms with Gasteiger partial charge >= 0.3 is 0 Å². The predicted octanol–water partition coefficient (Wildman–Crippen LogP) is 2.82. The highest BCUT2D eigenvalue weighted by Crippen LogP contribution is 2.16. The Morgan fingerprint density at radius 1 is 1.35 bits per heavy atom. The van der Waals surface area contributed by atoms with E-state index in [0.717, 1.165) is 22.7 Å². The Balaban J connectivity index is 1.81. The first-order chi connectivity index (χ1) is 11.0. The molecule has 0 aromatic carbocycles. The van der Waals surface area contributed by atoms with E-state index in [4.69, 9.17) is 0 Å². The van der Waals surface area contributed by atoms with Crippen LogP contribution < -0.4 is 0 Å². The second-order valence-corrected chi connectivity index (χ2v) is 6.92. The van der Waals surface area contributed by atoms with Crippen LogP contribution in [0.2, 0.25) is 0 Å². The zero-order valence-corrected chi connectivity index (χ0v) is 14.2. The first kappa shape index (κ1) is 15.6. The van der Waals surface area contributed by atoms with Crippen molar-refractivity contribution in [2.45, 2.75) is 26.9 Å². The molecule has 3 rings (SSSR count). The summed E-state index contributed by atoms with van der Waals surface area (Å²) in [5.41, 5.74) is 2.11. The van der Waals surface area contributed by atoms with Gasteiger partial charge < -0.3 is 9.47 Å². The lowest BCUT2D eigenvalue weighted by atomic mass is 10.2. The van der Waals surface area contributed by atoms with Crippen LogP contribution in [-0.4, -0.2) is 37.4 Å². The molecule has 0 N–H and O–H groups in total. The molecule has 3 aromatic rings. The Labute approximate surface area is 138 Å². The SMILES string of the molecule is CC(C)Cn1cnc2cc(C(=O)N(C)Cc3nccs3)cnc21. The summed E-state index contributed by atoms with van der Waals surface area (Å²) in [5.74, 6) is 0.438. The molecule has 0 saturated heterocycles. The molecule has 0 fully saturated rings. The third-order valence-corrected chi connectivity index (χ3v) is 4.23.